The first-order valence-electron chi connectivity index (χ1n) is 34.9. The zero-order valence-electron chi connectivity index (χ0n) is 56.3. The normalized spacial score (nSPS) is 13.5. The van der Waals surface area contributed by atoms with E-state index in [9.17, 15) is 0 Å². The number of rotatable bonds is 16. The molecule has 1 atom stereocenters. The lowest BCUT2D eigenvalue weighted by molar-refractivity contribution is 0.794. The van der Waals surface area contributed by atoms with Crippen LogP contribution in [0.1, 0.15) is 45.7 Å². The second kappa shape index (κ2) is 26.3. The van der Waals surface area contributed by atoms with Gasteiger partial charge in [0.05, 0.1) is 5.41 Å². The Balaban J connectivity index is 0.749. The van der Waals surface area contributed by atoms with E-state index in [2.05, 4.69) is 272 Å². The van der Waals surface area contributed by atoms with Gasteiger partial charge in [-0.15, -0.1) is 0 Å². The molecule has 486 valence electrons. The maximum Gasteiger partial charge on any atom is 0.238 e. The largest absolute Gasteiger partial charge is 0.279 e. The van der Waals surface area contributed by atoms with E-state index in [0.717, 1.165) is 90.4 Å². The minimum Gasteiger partial charge on any atom is -0.279 e. The number of anilines is 6. The Labute approximate surface area is 599 Å². The third-order valence-corrected chi connectivity index (χ3v) is 20.3. The van der Waals surface area contributed by atoms with Crippen molar-refractivity contribution in [2.24, 2.45) is 0 Å². The number of hydrogen-bond acceptors (Lipinski definition) is 8. The SMILES string of the molecule is C=CC1=CC=CC(c2ccc(N(c3ccc(-c4ccc5c(c4)-c4cc(-c6ccc(N(c7ccc(-c8cccc(C=C)c8)cc7)c7nc(-c8ccccc8)nc(-c8ccccc8)n7)cc6)ccc4C54c5ccccc5-c5ccccc54)cc3)c3nc(-c4ccccc4)nc(-c4ccccc4)n3)cc2)C1. The van der Waals surface area contributed by atoms with Crippen LogP contribution in [0.15, 0.2) is 371 Å². The Bertz CT molecular complexity index is 5630. The molecular formula is C95H66N8. The van der Waals surface area contributed by atoms with E-state index in [1.54, 1.807) is 0 Å². The molecule has 1 unspecified atom stereocenters. The third-order valence-electron chi connectivity index (χ3n) is 20.3. The molecule has 0 amide bonds. The van der Waals surface area contributed by atoms with Gasteiger partial charge in [-0.05, 0) is 168 Å². The van der Waals surface area contributed by atoms with E-state index in [1.807, 2.05) is 109 Å². The molecule has 1 spiro atoms. The molecule has 103 heavy (non-hydrogen) atoms. The van der Waals surface area contributed by atoms with E-state index in [-0.39, 0.29) is 5.92 Å². The quantitative estimate of drug-likeness (QED) is 0.0946. The number of hydrogen-bond donors (Lipinski definition) is 0. The van der Waals surface area contributed by atoms with Crippen molar-refractivity contribution in [2.45, 2.75) is 17.8 Å². The molecule has 2 heterocycles. The van der Waals surface area contributed by atoms with Gasteiger partial charge in [0.25, 0.3) is 0 Å². The first-order chi connectivity index (χ1) is 50.9. The summed E-state index contributed by atoms with van der Waals surface area (Å²) in [6, 6.07) is 116. The summed E-state index contributed by atoms with van der Waals surface area (Å²) in [5, 5.41) is 0. The number of allylic oxidation sites excluding steroid dienone is 5. The van der Waals surface area contributed by atoms with Crippen LogP contribution in [0.3, 0.4) is 0 Å². The summed E-state index contributed by atoms with van der Waals surface area (Å²) in [7, 11) is 0. The van der Waals surface area contributed by atoms with Gasteiger partial charge < -0.3 is 0 Å². The minimum absolute atomic E-state index is 0.232. The molecule has 18 rings (SSSR count). The highest BCUT2D eigenvalue weighted by atomic mass is 15.3. The second-order valence-electron chi connectivity index (χ2n) is 26.3. The summed E-state index contributed by atoms with van der Waals surface area (Å²) in [4.78, 5) is 35.6. The first kappa shape index (κ1) is 61.7. The van der Waals surface area contributed by atoms with Crippen molar-refractivity contribution in [3.05, 3.63) is 404 Å². The average molecular weight is 1320 g/mol. The highest BCUT2D eigenvalue weighted by Gasteiger charge is 2.51. The molecule has 0 saturated heterocycles. The van der Waals surface area contributed by atoms with E-state index in [0.29, 0.717) is 35.2 Å². The van der Waals surface area contributed by atoms with Gasteiger partial charge in [-0.2, -0.15) is 19.9 Å². The van der Waals surface area contributed by atoms with Crippen molar-refractivity contribution in [2.75, 3.05) is 9.80 Å². The van der Waals surface area contributed by atoms with E-state index < -0.39 is 5.41 Å². The summed E-state index contributed by atoms with van der Waals surface area (Å²) in [6.45, 7) is 8.11. The highest BCUT2D eigenvalue weighted by molar-refractivity contribution is 5.97. The average Bonchev–Trinajstić information content (AvgIpc) is 1.51. The fraction of sp³-hybridized carbons (Fsp3) is 0.0316. The second-order valence-corrected chi connectivity index (χ2v) is 26.3. The van der Waals surface area contributed by atoms with Crippen molar-refractivity contribution in [1.82, 2.24) is 29.9 Å². The van der Waals surface area contributed by atoms with Crippen LogP contribution in [0.2, 0.25) is 0 Å². The summed E-state index contributed by atoms with van der Waals surface area (Å²) in [5.41, 5.74) is 26.8. The maximum absolute atomic E-state index is 5.29. The van der Waals surface area contributed by atoms with E-state index in [1.165, 1.54) is 55.6 Å². The predicted octanol–water partition coefficient (Wildman–Crippen LogP) is 23.8. The molecule has 0 bridgehead atoms. The van der Waals surface area contributed by atoms with Crippen LogP contribution in [0.5, 0.6) is 0 Å². The first-order valence-corrected chi connectivity index (χ1v) is 34.9. The lowest BCUT2D eigenvalue weighted by Crippen LogP contribution is -2.25. The van der Waals surface area contributed by atoms with Crippen LogP contribution in [0.4, 0.5) is 34.6 Å². The molecular weight excluding hydrogens is 1250 g/mol. The zero-order chi connectivity index (χ0) is 68.8. The van der Waals surface area contributed by atoms with Crippen LogP contribution in [-0.4, -0.2) is 29.9 Å². The number of aromatic nitrogens is 6. The smallest absolute Gasteiger partial charge is 0.238 e. The lowest BCUT2D eigenvalue weighted by atomic mass is 9.70. The van der Waals surface area contributed by atoms with Gasteiger partial charge in [-0.3, -0.25) is 9.80 Å². The molecule has 0 aliphatic heterocycles. The molecule has 2 aromatic heterocycles. The fourth-order valence-electron chi connectivity index (χ4n) is 15.3. The fourth-order valence-corrected chi connectivity index (χ4v) is 15.3. The monoisotopic (exact) mass is 1320 g/mol. The van der Waals surface area contributed by atoms with Crippen molar-refractivity contribution in [3.8, 4) is 101 Å². The van der Waals surface area contributed by atoms with Gasteiger partial charge >= 0.3 is 0 Å². The van der Waals surface area contributed by atoms with Gasteiger partial charge in [0.1, 0.15) is 0 Å². The summed E-state index contributed by atoms with van der Waals surface area (Å²) in [5.74, 6) is 3.58. The standard InChI is InChI=1S/C95H66N8/c1-3-63-23-21-33-73(59-63)65-39-49-77(50-40-65)102(93-98-89(69-25-9-5-10-26-69)96-90(99-93)70-27-11-6-12-28-70)79-53-43-67(44-54-79)75-47-57-87-83(61-75)84-62-76(48-58-88(84)95(87)85-37-19-17-35-81(85)82-36-18-20-38-86(82)95)68-45-55-80(56-46-68)103(78-51-41-66(42-52-78)74-34-22-24-64(4-2)60-74)94-100-91(71-29-13-7-14-30-71)97-92(101-94)72-31-15-8-16-32-72/h3-59,61-62,74H,1-2,60H2. The Hall–Kier alpha value is -13.6. The highest BCUT2D eigenvalue weighted by Crippen LogP contribution is 2.63. The van der Waals surface area contributed by atoms with Gasteiger partial charge in [-0.1, -0.05) is 304 Å². The van der Waals surface area contributed by atoms with Crippen LogP contribution in [0, 0.1) is 0 Å². The molecule has 8 heteroatoms. The molecule has 0 saturated carbocycles. The minimum atomic E-state index is -0.551. The topological polar surface area (TPSA) is 83.8 Å². The number of fused-ring (bicyclic) bond motifs is 10. The zero-order valence-corrected chi connectivity index (χ0v) is 56.3. The number of nitrogens with zero attached hydrogens (tertiary/aromatic N) is 8. The lowest BCUT2D eigenvalue weighted by Gasteiger charge is -2.30. The summed E-state index contributed by atoms with van der Waals surface area (Å²) < 4.78 is 0. The summed E-state index contributed by atoms with van der Waals surface area (Å²) >= 11 is 0. The molecule has 0 N–H and O–H groups in total. The van der Waals surface area contributed by atoms with Crippen molar-refractivity contribution >= 4 is 40.7 Å². The molecule has 13 aromatic carbocycles. The molecule has 0 fully saturated rings. The Morgan fingerprint density at radius 3 is 1.05 bits per heavy atom. The van der Waals surface area contributed by atoms with Gasteiger partial charge in [0.2, 0.25) is 11.9 Å². The predicted molar refractivity (Wildman–Crippen MR) is 422 cm³/mol. The van der Waals surface area contributed by atoms with Gasteiger partial charge in [0, 0.05) is 50.9 Å². The van der Waals surface area contributed by atoms with Crippen molar-refractivity contribution in [3.63, 3.8) is 0 Å². The Kier molecular flexibility index (Phi) is 15.7. The molecule has 0 radical (unpaired) electrons. The molecule has 3 aliphatic rings. The van der Waals surface area contributed by atoms with Crippen molar-refractivity contribution in [1.29, 1.82) is 0 Å². The molecule has 15 aromatic rings. The van der Waals surface area contributed by atoms with Gasteiger partial charge in [0.15, 0.2) is 23.3 Å². The van der Waals surface area contributed by atoms with Crippen LogP contribution >= 0.6 is 0 Å². The van der Waals surface area contributed by atoms with E-state index in [4.69, 9.17) is 29.9 Å². The Morgan fingerprint density at radius 1 is 0.301 bits per heavy atom. The van der Waals surface area contributed by atoms with Crippen LogP contribution in [-0.2, 0) is 5.41 Å². The third kappa shape index (κ3) is 11.2. The Morgan fingerprint density at radius 2 is 0.650 bits per heavy atom. The van der Waals surface area contributed by atoms with Crippen LogP contribution in [0.25, 0.3) is 107 Å². The molecule has 3 aliphatic carbocycles. The summed E-state index contributed by atoms with van der Waals surface area (Å²) in [6.07, 6.45) is 11.3. The van der Waals surface area contributed by atoms with Gasteiger partial charge in [-0.25, -0.2) is 9.97 Å². The number of benzene rings is 13. The van der Waals surface area contributed by atoms with Crippen molar-refractivity contribution < 1.29 is 0 Å². The maximum atomic E-state index is 5.29. The van der Waals surface area contributed by atoms with E-state index >= 15 is 0 Å². The van der Waals surface area contributed by atoms with Crippen LogP contribution < -0.4 is 9.80 Å². The molecule has 8 nitrogen and oxygen atoms in total.